The third-order valence-corrected chi connectivity index (χ3v) is 6.09. The maximum absolute atomic E-state index is 12.5. The first-order valence-electron chi connectivity index (χ1n) is 11.8. The average molecular weight is 513 g/mol. The molecule has 0 saturated carbocycles. The topological polar surface area (TPSA) is 134 Å². The van der Waals surface area contributed by atoms with E-state index in [1.165, 1.54) is 28.1 Å². The third kappa shape index (κ3) is 5.90. The first-order chi connectivity index (χ1) is 17.3. The number of ether oxygens (including phenoxy) is 2. The minimum atomic E-state index is -0.535. The van der Waals surface area contributed by atoms with E-state index in [0.717, 1.165) is 11.1 Å². The highest BCUT2D eigenvalue weighted by Gasteiger charge is 2.31. The molecule has 0 aromatic heterocycles. The Morgan fingerprint density at radius 1 is 0.595 bits per heavy atom. The lowest BCUT2D eigenvalue weighted by Gasteiger charge is -2.22. The van der Waals surface area contributed by atoms with Gasteiger partial charge < -0.3 is 29.9 Å². The Morgan fingerprint density at radius 3 is 1.16 bits per heavy atom. The second kappa shape index (κ2) is 11.9. The summed E-state index contributed by atoms with van der Waals surface area (Å²) in [5.41, 5.74) is 2.01. The molecule has 2 aromatic rings. The van der Waals surface area contributed by atoms with Crippen LogP contribution in [-0.2, 0) is 19.3 Å². The Balaban J connectivity index is 2.97. The lowest BCUT2D eigenvalue weighted by Crippen LogP contribution is -2.08. The zero-order valence-corrected chi connectivity index (χ0v) is 22.7. The number of carbonyl (C=O) groups is 2. The number of ketones is 2. The number of rotatable bonds is 10. The van der Waals surface area contributed by atoms with E-state index in [2.05, 4.69) is 0 Å². The molecule has 0 spiro atoms. The van der Waals surface area contributed by atoms with E-state index < -0.39 is 23.1 Å². The summed E-state index contributed by atoms with van der Waals surface area (Å²) >= 11 is 0. The van der Waals surface area contributed by atoms with Crippen molar-refractivity contribution in [3.63, 3.8) is 0 Å². The second-order valence-corrected chi connectivity index (χ2v) is 9.39. The number of benzene rings is 2. The van der Waals surface area contributed by atoms with Crippen molar-refractivity contribution in [1.82, 2.24) is 0 Å². The molecule has 0 amide bonds. The first-order valence-corrected chi connectivity index (χ1v) is 11.8. The number of phenols is 4. The van der Waals surface area contributed by atoms with Crippen LogP contribution in [0.3, 0.4) is 0 Å². The molecule has 0 aliphatic heterocycles. The summed E-state index contributed by atoms with van der Waals surface area (Å²) in [7, 11) is 2.67. The number of allylic oxidation sites excluding steroid dienone is 4. The van der Waals surface area contributed by atoms with Crippen LogP contribution >= 0.6 is 0 Å². The van der Waals surface area contributed by atoms with Crippen LogP contribution in [0.25, 0.3) is 0 Å². The Hall–Kier alpha value is -3.94. The maximum Gasteiger partial charge on any atom is 0.167 e. The van der Waals surface area contributed by atoms with Crippen molar-refractivity contribution >= 4 is 11.6 Å². The summed E-state index contributed by atoms with van der Waals surface area (Å²) in [5.74, 6) is -2.67. The molecule has 8 heteroatoms. The monoisotopic (exact) mass is 512 g/mol. The molecular weight excluding hydrogens is 476 g/mol. The minimum Gasteiger partial charge on any atom is -0.507 e. The predicted octanol–water partition coefficient (Wildman–Crippen LogP) is 5.54. The van der Waals surface area contributed by atoms with Crippen LogP contribution in [0.1, 0.15) is 84.5 Å². The van der Waals surface area contributed by atoms with Gasteiger partial charge in [-0.1, -0.05) is 23.3 Å². The highest BCUT2D eigenvalue weighted by molar-refractivity contribution is 6.02. The molecule has 0 unspecified atom stereocenters. The van der Waals surface area contributed by atoms with E-state index in [1.54, 1.807) is 0 Å². The van der Waals surface area contributed by atoms with Crippen LogP contribution < -0.4 is 9.47 Å². The number of hydrogen-bond acceptors (Lipinski definition) is 8. The molecule has 0 aliphatic carbocycles. The first kappa shape index (κ1) is 29.3. The normalized spacial score (nSPS) is 10.6. The number of aromatic hydroxyl groups is 4. The van der Waals surface area contributed by atoms with Gasteiger partial charge in [-0.3, -0.25) is 9.59 Å². The van der Waals surface area contributed by atoms with Crippen LogP contribution in [0.4, 0.5) is 0 Å². The van der Waals surface area contributed by atoms with E-state index in [9.17, 15) is 30.0 Å². The van der Waals surface area contributed by atoms with Gasteiger partial charge in [0.05, 0.1) is 14.2 Å². The third-order valence-electron chi connectivity index (χ3n) is 6.09. The number of carbonyl (C=O) groups excluding carboxylic acids is 2. The van der Waals surface area contributed by atoms with Gasteiger partial charge in [0.25, 0.3) is 0 Å². The fourth-order valence-corrected chi connectivity index (χ4v) is 4.23. The smallest absolute Gasteiger partial charge is 0.167 e. The van der Waals surface area contributed by atoms with Gasteiger partial charge in [0, 0.05) is 28.7 Å². The summed E-state index contributed by atoms with van der Waals surface area (Å²) in [6.45, 7) is 10.0. The van der Waals surface area contributed by atoms with E-state index in [-0.39, 0.29) is 75.6 Å². The van der Waals surface area contributed by atoms with Gasteiger partial charge in [0.15, 0.2) is 11.6 Å². The Kier molecular flexibility index (Phi) is 9.39. The molecule has 0 bridgehead atoms. The Bertz CT molecular complexity index is 1190. The van der Waals surface area contributed by atoms with Crippen LogP contribution in [-0.4, -0.2) is 46.2 Å². The summed E-state index contributed by atoms with van der Waals surface area (Å²) in [6, 6.07) is 0. The highest BCUT2D eigenvalue weighted by Crippen LogP contribution is 2.49. The van der Waals surface area contributed by atoms with E-state index >= 15 is 0 Å². The highest BCUT2D eigenvalue weighted by atomic mass is 16.5. The summed E-state index contributed by atoms with van der Waals surface area (Å²) in [6.07, 6.45) is 3.69. The standard InChI is InChI=1S/C29H36O8/c1-14(2)9-11-18-24(32)20(26(34)22(16(5)30)28(18)36-7)13-21-25(33)19(12-10-15(3)4)29(37-8)23(17(6)31)27(21)35/h9-10,32-35H,11-13H2,1-8H3. The van der Waals surface area contributed by atoms with Crippen molar-refractivity contribution in [1.29, 1.82) is 0 Å². The molecule has 4 N–H and O–H groups in total. The molecule has 0 radical (unpaired) electrons. The molecule has 0 heterocycles. The quantitative estimate of drug-likeness (QED) is 0.241. The van der Waals surface area contributed by atoms with Gasteiger partial charge in [-0.05, 0) is 54.4 Å². The average Bonchev–Trinajstić information content (AvgIpc) is 2.80. The van der Waals surface area contributed by atoms with Gasteiger partial charge in [-0.15, -0.1) is 0 Å². The van der Waals surface area contributed by atoms with Crippen LogP contribution in [0.2, 0.25) is 0 Å². The largest absolute Gasteiger partial charge is 0.507 e. The van der Waals surface area contributed by atoms with Gasteiger partial charge in [0.1, 0.15) is 45.6 Å². The van der Waals surface area contributed by atoms with Crippen molar-refractivity contribution in [2.75, 3.05) is 14.2 Å². The number of Topliss-reactive ketones (excluding diaryl/α,β-unsaturated/α-hetero) is 2. The fourth-order valence-electron chi connectivity index (χ4n) is 4.23. The van der Waals surface area contributed by atoms with E-state index in [4.69, 9.17) is 9.47 Å². The summed E-state index contributed by atoms with van der Waals surface area (Å²) in [5, 5.41) is 44.6. The lowest BCUT2D eigenvalue weighted by atomic mass is 9.89. The number of methoxy groups -OCH3 is 2. The molecule has 0 atom stereocenters. The summed E-state index contributed by atoms with van der Waals surface area (Å²) in [4.78, 5) is 25.0. The van der Waals surface area contributed by atoms with Crippen LogP contribution in [0.5, 0.6) is 34.5 Å². The van der Waals surface area contributed by atoms with Gasteiger partial charge in [-0.2, -0.15) is 0 Å². The van der Waals surface area contributed by atoms with Gasteiger partial charge in [0.2, 0.25) is 0 Å². The molecule has 0 aliphatic rings. The van der Waals surface area contributed by atoms with Crippen molar-refractivity contribution < 1.29 is 39.5 Å². The van der Waals surface area contributed by atoms with Gasteiger partial charge in [-0.25, -0.2) is 0 Å². The fraction of sp³-hybridized carbons (Fsp3) is 0.379. The van der Waals surface area contributed by atoms with Crippen molar-refractivity contribution in [3.8, 4) is 34.5 Å². The van der Waals surface area contributed by atoms with Crippen LogP contribution in [0, 0.1) is 0 Å². The molecule has 0 fully saturated rings. The predicted molar refractivity (Wildman–Crippen MR) is 142 cm³/mol. The van der Waals surface area contributed by atoms with Crippen molar-refractivity contribution in [2.45, 2.75) is 60.8 Å². The molecular formula is C29H36O8. The van der Waals surface area contributed by atoms with E-state index in [0.29, 0.717) is 0 Å². The van der Waals surface area contributed by atoms with Crippen molar-refractivity contribution in [3.05, 3.63) is 56.7 Å². The number of phenolic OH excluding ortho intramolecular Hbond substituents is 4. The Labute approximate surface area is 217 Å². The molecule has 0 saturated heterocycles. The zero-order chi connectivity index (χ0) is 28.2. The Morgan fingerprint density at radius 2 is 0.919 bits per heavy atom. The zero-order valence-electron chi connectivity index (χ0n) is 22.7. The number of hydrogen-bond donors (Lipinski definition) is 4. The van der Waals surface area contributed by atoms with Crippen LogP contribution in [0.15, 0.2) is 23.3 Å². The van der Waals surface area contributed by atoms with Gasteiger partial charge >= 0.3 is 0 Å². The maximum atomic E-state index is 12.5. The lowest BCUT2D eigenvalue weighted by molar-refractivity contribution is 0.0998. The molecule has 8 nitrogen and oxygen atoms in total. The minimum absolute atomic E-state index is 0.0422. The second-order valence-electron chi connectivity index (χ2n) is 9.39. The molecule has 37 heavy (non-hydrogen) atoms. The summed E-state index contributed by atoms with van der Waals surface area (Å²) < 4.78 is 10.8. The van der Waals surface area contributed by atoms with Crippen molar-refractivity contribution in [2.24, 2.45) is 0 Å². The van der Waals surface area contributed by atoms with E-state index in [1.807, 2.05) is 39.8 Å². The molecule has 2 aromatic carbocycles. The molecule has 200 valence electrons. The molecule has 2 rings (SSSR count). The SMILES string of the molecule is COc1c(CC=C(C)C)c(O)c(Cc2c(O)c(CC=C(C)C)c(OC)c(C(C)=O)c2O)c(O)c1C(C)=O.